The van der Waals surface area contributed by atoms with Gasteiger partial charge in [0.15, 0.2) is 6.61 Å². The van der Waals surface area contributed by atoms with Crippen LogP contribution in [-0.4, -0.2) is 48.7 Å². The molecule has 1 aromatic heterocycles. The first-order valence-electron chi connectivity index (χ1n) is 8.33. The quantitative estimate of drug-likeness (QED) is 0.505. The first-order valence-corrected chi connectivity index (χ1v) is 9.77. The molecule has 2 aromatic rings. The molecule has 0 aliphatic carbocycles. The number of nitrogens with zero attached hydrogens (tertiary/aromatic N) is 2. The zero-order chi connectivity index (χ0) is 20.2. The molecule has 0 fully saturated rings. The van der Waals surface area contributed by atoms with Gasteiger partial charge in [-0.3, -0.25) is 4.79 Å². The Hall–Kier alpha value is -2.52. The van der Waals surface area contributed by atoms with Crippen molar-refractivity contribution in [2.75, 3.05) is 19.7 Å². The van der Waals surface area contributed by atoms with Crippen molar-refractivity contribution >= 4 is 21.8 Å². The number of hydrogen-bond donors (Lipinski definition) is 0. The number of ether oxygens (including phenoxy) is 1. The summed E-state index contributed by atoms with van der Waals surface area (Å²) in [5.41, 5.74) is -0.205. The smallest absolute Gasteiger partial charge is 0.355 e. The van der Waals surface area contributed by atoms with Gasteiger partial charge in [-0.2, -0.15) is 4.31 Å². The topological polar surface area (TPSA) is 85.7 Å². The number of benzene rings is 1. The monoisotopic (exact) mass is 396 g/mol. The van der Waals surface area contributed by atoms with E-state index in [1.165, 1.54) is 46.4 Å². The lowest BCUT2D eigenvalue weighted by Gasteiger charge is -2.17. The highest BCUT2D eigenvalue weighted by molar-refractivity contribution is 7.89. The number of carbonyl (C=O) groups is 2. The molecule has 0 saturated carbocycles. The van der Waals surface area contributed by atoms with Crippen LogP contribution in [0.1, 0.15) is 34.7 Å². The van der Waals surface area contributed by atoms with Gasteiger partial charge in [0.2, 0.25) is 15.8 Å². The lowest BCUT2D eigenvalue weighted by molar-refractivity contribution is 0.0464. The number of carbonyl (C=O) groups excluding carboxylic acids is 2. The molecule has 1 heterocycles. The molecular formula is C18H21FN2O5S. The number of hydrogen-bond acceptors (Lipinski definition) is 5. The molecule has 0 amide bonds. The van der Waals surface area contributed by atoms with Gasteiger partial charge in [0.25, 0.3) is 0 Å². The average Bonchev–Trinajstić information content (AvgIpc) is 3.03. The summed E-state index contributed by atoms with van der Waals surface area (Å²) in [6.45, 7) is 3.37. The average molecular weight is 396 g/mol. The molecular weight excluding hydrogens is 375 g/mol. The first kappa shape index (κ1) is 20.8. The van der Waals surface area contributed by atoms with Crippen molar-refractivity contribution in [3.8, 4) is 0 Å². The largest absolute Gasteiger partial charge is 0.453 e. The van der Waals surface area contributed by atoms with Gasteiger partial charge < -0.3 is 9.30 Å². The molecule has 2 rings (SSSR count). The lowest BCUT2D eigenvalue weighted by atomic mass is 10.1. The number of halogens is 1. The zero-order valence-electron chi connectivity index (χ0n) is 15.3. The van der Waals surface area contributed by atoms with E-state index in [1.54, 1.807) is 13.8 Å². The number of aryl methyl sites for hydroxylation is 1. The van der Waals surface area contributed by atoms with Crippen LogP contribution in [0.2, 0.25) is 0 Å². The van der Waals surface area contributed by atoms with E-state index in [-0.39, 0.29) is 16.2 Å². The second-order valence-corrected chi connectivity index (χ2v) is 7.68. The van der Waals surface area contributed by atoms with Gasteiger partial charge in [-0.1, -0.05) is 26.0 Å². The summed E-state index contributed by atoms with van der Waals surface area (Å²) in [5, 5.41) is 0. The molecule has 0 unspecified atom stereocenters. The molecule has 7 nitrogen and oxygen atoms in total. The highest BCUT2D eigenvalue weighted by Gasteiger charge is 2.26. The summed E-state index contributed by atoms with van der Waals surface area (Å²) in [6, 6.07) is 6.57. The number of rotatable bonds is 8. The van der Waals surface area contributed by atoms with Crippen molar-refractivity contribution in [2.24, 2.45) is 7.05 Å². The van der Waals surface area contributed by atoms with E-state index >= 15 is 0 Å². The van der Waals surface area contributed by atoms with E-state index in [2.05, 4.69) is 0 Å². The minimum atomic E-state index is -3.73. The van der Waals surface area contributed by atoms with Crippen LogP contribution in [0.3, 0.4) is 0 Å². The van der Waals surface area contributed by atoms with Crippen molar-refractivity contribution in [3.63, 3.8) is 0 Å². The van der Waals surface area contributed by atoms with E-state index < -0.39 is 34.2 Å². The molecule has 27 heavy (non-hydrogen) atoms. The van der Waals surface area contributed by atoms with Crippen LogP contribution in [0.4, 0.5) is 4.39 Å². The standard InChI is InChI=1S/C18H21FN2O5S/c1-4-21(5-2)27(24,25)13-10-16(20(3)11-13)18(23)26-12-17(22)14-8-6-7-9-15(14)19/h6-11H,4-5,12H2,1-3H3. The Morgan fingerprint density at radius 3 is 2.41 bits per heavy atom. The van der Waals surface area contributed by atoms with Crippen molar-refractivity contribution in [1.82, 2.24) is 8.87 Å². The van der Waals surface area contributed by atoms with Crippen LogP contribution in [0.25, 0.3) is 0 Å². The van der Waals surface area contributed by atoms with Gasteiger partial charge in [-0.15, -0.1) is 0 Å². The van der Waals surface area contributed by atoms with Crippen molar-refractivity contribution in [3.05, 3.63) is 53.6 Å². The van der Waals surface area contributed by atoms with E-state index in [0.29, 0.717) is 13.1 Å². The SMILES string of the molecule is CCN(CC)S(=O)(=O)c1cc(C(=O)OCC(=O)c2ccccc2F)n(C)c1. The molecule has 146 valence electrons. The fraction of sp³-hybridized carbons (Fsp3) is 0.333. The predicted molar refractivity (Wildman–Crippen MR) is 96.5 cm³/mol. The summed E-state index contributed by atoms with van der Waals surface area (Å²) < 4.78 is 46.2. The van der Waals surface area contributed by atoms with Crippen LogP contribution in [0.15, 0.2) is 41.4 Å². The van der Waals surface area contributed by atoms with E-state index in [0.717, 1.165) is 6.07 Å². The Morgan fingerprint density at radius 1 is 1.19 bits per heavy atom. The molecule has 1 aromatic carbocycles. The van der Waals surface area contributed by atoms with E-state index in [4.69, 9.17) is 4.74 Å². The third kappa shape index (κ3) is 4.42. The van der Waals surface area contributed by atoms with Gasteiger partial charge in [-0.05, 0) is 18.2 Å². The van der Waals surface area contributed by atoms with E-state index in [1.807, 2.05) is 0 Å². The highest BCUT2D eigenvalue weighted by Crippen LogP contribution is 2.19. The maximum Gasteiger partial charge on any atom is 0.355 e. The Balaban J connectivity index is 2.15. The molecule has 9 heteroatoms. The second-order valence-electron chi connectivity index (χ2n) is 5.74. The minimum absolute atomic E-state index is 0.0259. The summed E-state index contributed by atoms with van der Waals surface area (Å²) in [5.74, 6) is -2.26. The number of Topliss-reactive ketones (excluding diaryl/α,β-unsaturated/α-hetero) is 1. The van der Waals surface area contributed by atoms with Gasteiger partial charge in [0, 0.05) is 26.3 Å². The molecule has 0 aliphatic heterocycles. The Morgan fingerprint density at radius 2 is 1.81 bits per heavy atom. The normalized spacial score (nSPS) is 11.6. The molecule has 0 N–H and O–H groups in total. The third-order valence-corrected chi connectivity index (χ3v) is 6.06. The van der Waals surface area contributed by atoms with Crippen molar-refractivity contribution < 1.29 is 27.1 Å². The summed E-state index contributed by atoms with van der Waals surface area (Å²) in [6.07, 6.45) is 1.31. The van der Waals surface area contributed by atoms with E-state index in [9.17, 15) is 22.4 Å². The van der Waals surface area contributed by atoms with Crippen molar-refractivity contribution in [2.45, 2.75) is 18.7 Å². The minimum Gasteiger partial charge on any atom is -0.453 e. The fourth-order valence-corrected chi connectivity index (χ4v) is 4.09. The number of aromatic nitrogens is 1. The Labute approximate surface area is 157 Å². The molecule has 0 saturated heterocycles. The molecule has 0 spiro atoms. The maximum atomic E-state index is 13.6. The van der Waals surface area contributed by atoms with Crippen LogP contribution in [0, 0.1) is 5.82 Å². The number of ketones is 1. The number of esters is 1. The molecule has 0 radical (unpaired) electrons. The fourth-order valence-electron chi connectivity index (χ4n) is 2.56. The summed E-state index contributed by atoms with van der Waals surface area (Å²) >= 11 is 0. The zero-order valence-corrected chi connectivity index (χ0v) is 16.1. The Kier molecular flexibility index (Phi) is 6.50. The number of sulfonamides is 1. The first-order chi connectivity index (χ1) is 12.7. The van der Waals surface area contributed by atoms with Crippen LogP contribution in [-0.2, 0) is 21.8 Å². The van der Waals surface area contributed by atoms with Gasteiger partial charge in [0.05, 0.1) is 5.56 Å². The summed E-state index contributed by atoms with van der Waals surface area (Å²) in [4.78, 5) is 24.2. The van der Waals surface area contributed by atoms with Crippen LogP contribution < -0.4 is 0 Å². The van der Waals surface area contributed by atoms with Gasteiger partial charge in [-0.25, -0.2) is 17.6 Å². The van der Waals surface area contributed by atoms with Crippen LogP contribution >= 0.6 is 0 Å². The molecule has 0 atom stereocenters. The highest BCUT2D eigenvalue weighted by atomic mass is 32.2. The maximum absolute atomic E-state index is 13.6. The van der Waals surface area contributed by atoms with Gasteiger partial charge >= 0.3 is 5.97 Å². The molecule has 0 bridgehead atoms. The predicted octanol–water partition coefficient (Wildman–Crippen LogP) is 2.23. The Bertz CT molecular complexity index is 948. The third-order valence-electron chi connectivity index (χ3n) is 4.04. The second kappa shape index (κ2) is 8.45. The van der Waals surface area contributed by atoms with Gasteiger partial charge in [0.1, 0.15) is 16.4 Å². The van der Waals surface area contributed by atoms with Crippen molar-refractivity contribution in [1.29, 1.82) is 0 Å². The molecule has 0 aliphatic rings. The van der Waals surface area contributed by atoms with Crippen LogP contribution in [0.5, 0.6) is 0 Å². The summed E-state index contributed by atoms with van der Waals surface area (Å²) in [7, 11) is -2.23. The lowest BCUT2D eigenvalue weighted by Crippen LogP contribution is -2.30.